The Kier molecular flexibility index (Phi) is 2.76. The number of benzene rings is 2. The average molecular weight is 243 g/mol. The Morgan fingerprint density at radius 3 is 2.78 bits per heavy atom. The van der Waals surface area contributed by atoms with Crippen molar-refractivity contribution < 1.29 is 9.50 Å². The van der Waals surface area contributed by atoms with Crippen LogP contribution in [-0.4, -0.2) is 11.7 Å². The molecule has 0 bridgehead atoms. The lowest BCUT2D eigenvalue weighted by atomic mass is 10.1. The van der Waals surface area contributed by atoms with Crippen LogP contribution < -0.4 is 4.90 Å². The molecule has 0 saturated carbocycles. The molecular formula is C15H14FNO. The molecule has 1 aliphatic rings. The van der Waals surface area contributed by atoms with Crippen LogP contribution in [0.5, 0.6) is 0 Å². The topological polar surface area (TPSA) is 23.5 Å². The molecule has 0 fully saturated rings. The van der Waals surface area contributed by atoms with E-state index in [0.717, 1.165) is 24.3 Å². The van der Waals surface area contributed by atoms with Crippen molar-refractivity contribution in [1.29, 1.82) is 0 Å². The lowest BCUT2D eigenvalue weighted by molar-refractivity contribution is 0.281. The molecule has 92 valence electrons. The molecule has 2 aromatic rings. The van der Waals surface area contributed by atoms with Gasteiger partial charge in [-0.1, -0.05) is 18.2 Å². The summed E-state index contributed by atoms with van der Waals surface area (Å²) in [6.07, 6.45) is 0.985. The Morgan fingerprint density at radius 2 is 1.94 bits per heavy atom. The molecule has 0 atom stereocenters. The average Bonchev–Trinajstić information content (AvgIpc) is 2.82. The van der Waals surface area contributed by atoms with E-state index >= 15 is 0 Å². The van der Waals surface area contributed by atoms with E-state index < -0.39 is 0 Å². The lowest BCUT2D eigenvalue weighted by Crippen LogP contribution is -2.15. The highest BCUT2D eigenvalue weighted by atomic mass is 19.1. The maximum Gasteiger partial charge on any atom is 0.123 e. The van der Waals surface area contributed by atoms with Gasteiger partial charge >= 0.3 is 0 Å². The quantitative estimate of drug-likeness (QED) is 0.876. The van der Waals surface area contributed by atoms with Crippen LogP contribution in [0.4, 0.5) is 15.8 Å². The lowest BCUT2D eigenvalue weighted by Gasteiger charge is -2.22. The fourth-order valence-electron chi connectivity index (χ4n) is 2.53. The summed E-state index contributed by atoms with van der Waals surface area (Å²) in [6.45, 7) is 0.726. The molecule has 0 amide bonds. The van der Waals surface area contributed by atoms with E-state index in [4.69, 9.17) is 0 Å². The number of anilines is 2. The van der Waals surface area contributed by atoms with Gasteiger partial charge in [0.05, 0.1) is 6.61 Å². The zero-order valence-corrected chi connectivity index (χ0v) is 9.94. The van der Waals surface area contributed by atoms with E-state index in [2.05, 4.69) is 17.0 Å². The first-order valence-corrected chi connectivity index (χ1v) is 6.04. The van der Waals surface area contributed by atoms with Crippen LogP contribution in [0.3, 0.4) is 0 Å². The summed E-state index contributed by atoms with van der Waals surface area (Å²) >= 11 is 0. The molecule has 1 heterocycles. The molecule has 3 rings (SSSR count). The van der Waals surface area contributed by atoms with Crippen molar-refractivity contribution in [2.24, 2.45) is 0 Å². The molecule has 1 N–H and O–H groups in total. The van der Waals surface area contributed by atoms with Crippen molar-refractivity contribution in [3.63, 3.8) is 0 Å². The molecule has 1 aliphatic heterocycles. The van der Waals surface area contributed by atoms with Gasteiger partial charge in [-0.25, -0.2) is 4.39 Å². The van der Waals surface area contributed by atoms with Crippen molar-refractivity contribution in [2.45, 2.75) is 13.0 Å². The monoisotopic (exact) mass is 243 g/mol. The van der Waals surface area contributed by atoms with Crippen LogP contribution in [0, 0.1) is 5.82 Å². The Morgan fingerprint density at radius 1 is 1.11 bits per heavy atom. The van der Waals surface area contributed by atoms with E-state index in [0.29, 0.717) is 5.56 Å². The van der Waals surface area contributed by atoms with E-state index in [1.807, 2.05) is 12.1 Å². The number of hydrogen-bond acceptors (Lipinski definition) is 2. The highest BCUT2D eigenvalue weighted by Crippen LogP contribution is 2.36. The molecule has 3 heteroatoms. The fraction of sp³-hybridized carbons (Fsp3) is 0.200. The third-order valence-corrected chi connectivity index (χ3v) is 3.39. The van der Waals surface area contributed by atoms with Crippen molar-refractivity contribution >= 4 is 11.4 Å². The van der Waals surface area contributed by atoms with Gasteiger partial charge in [-0.15, -0.1) is 0 Å². The Labute approximate surface area is 105 Å². The van der Waals surface area contributed by atoms with E-state index in [1.165, 1.54) is 17.7 Å². The summed E-state index contributed by atoms with van der Waals surface area (Å²) in [5.41, 5.74) is 3.97. The Balaban J connectivity index is 2.07. The van der Waals surface area contributed by atoms with Crippen LogP contribution in [0.15, 0.2) is 42.5 Å². The summed E-state index contributed by atoms with van der Waals surface area (Å²) in [5.74, 6) is -0.310. The summed E-state index contributed by atoms with van der Waals surface area (Å²) in [5, 5.41) is 9.36. The minimum absolute atomic E-state index is 0.147. The van der Waals surface area contributed by atoms with Gasteiger partial charge in [0.2, 0.25) is 0 Å². The second-order valence-electron chi connectivity index (χ2n) is 4.46. The minimum Gasteiger partial charge on any atom is -0.392 e. The van der Waals surface area contributed by atoms with E-state index in [1.54, 1.807) is 6.07 Å². The van der Waals surface area contributed by atoms with Gasteiger partial charge < -0.3 is 10.0 Å². The zero-order valence-electron chi connectivity index (χ0n) is 9.94. The number of fused-ring (bicyclic) bond motifs is 1. The smallest absolute Gasteiger partial charge is 0.123 e. The predicted molar refractivity (Wildman–Crippen MR) is 69.5 cm³/mol. The Bertz CT molecular complexity index is 582. The van der Waals surface area contributed by atoms with Gasteiger partial charge in [0.15, 0.2) is 0 Å². The van der Waals surface area contributed by atoms with E-state index in [9.17, 15) is 9.50 Å². The first kappa shape index (κ1) is 11.2. The maximum atomic E-state index is 13.2. The standard InChI is InChI=1S/C15H14FNO/c16-13-5-6-15(12(9-13)10-18)17-8-7-11-3-1-2-4-14(11)17/h1-6,9,18H,7-8,10H2. The molecule has 0 unspecified atom stereocenters. The SMILES string of the molecule is OCc1cc(F)ccc1N1CCc2ccccc21. The molecule has 0 saturated heterocycles. The first-order chi connectivity index (χ1) is 8.79. The fourth-order valence-corrected chi connectivity index (χ4v) is 2.53. The van der Waals surface area contributed by atoms with Crippen LogP contribution in [0.25, 0.3) is 0 Å². The molecule has 18 heavy (non-hydrogen) atoms. The number of aliphatic hydroxyl groups excluding tert-OH is 1. The second kappa shape index (κ2) is 4.42. The number of rotatable bonds is 2. The largest absolute Gasteiger partial charge is 0.392 e. The Hall–Kier alpha value is -1.87. The van der Waals surface area contributed by atoms with Gasteiger partial charge in [-0.2, -0.15) is 0 Å². The number of halogens is 1. The van der Waals surface area contributed by atoms with Crippen LogP contribution in [0.2, 0.25) is 0 Å². The third kappa shape index (κ3) is 1.77. The minimum atomic E-state index is -0.310. The summed E-state index contributed by atoms with van der Waals surface area (Å²) in [6, 6.07) is 12.8. The van der Waals surface area contributed by atoms with Crippen LogP contribution in [0.1, 0.15) is 11.1 Å². The number of nitrogens with zero attached hydrogens (tertiary/aromatic N) is 1. The number of para-hydroxylation sites is 1. The molecule has 2 nitrogen and oxygen atoms in total. The number of hydrogen-bond donors (Lipinski definition) is 1. The first-order valence-electron chi connectivity index (χ1n) is 6.04. The van der Waals surface area contributed by atoms with Crippen LogP contribution in [-0.2, 0) is 13.0 Å². The van der Waals surface area contributed by atoms with Gasteiger partial charge in [-0.05, 0) is 36.2 Å². The molecule has 0 aromatic heterocycles. The van der Waals surface area contributed by atoms with E-state index in [-0.39, 0.29) is 12.4 Å². The number of aliphatic hydroxyl groups is 1. The molecule has 0 aliphatic carbocycles. The zero-order chi connectivity index (χ0) is 12.5. The third-order valence-electron chi connectivity index (χ3n) is 3.39. The van der Waals surface area contributed by atoms with Gasteiger partial charge in [0, 0.05) is 23.5 Å². The molecule has 0 spiro atoms. The van der Waals surface area contributed by atoms with Crippen molar-refractivity contribution in [3.8, 4) is 0 Å². The van der Waals surface area contributed by atoms with Crippen molar-refractivity contribution in [3.05, 3.63) is 59.4 Å². The molecule has 2 aromatic carbocycles. The van der Waals surface area contributed by atoms with Gasteiger partial charge in [-0.3, -0.25) is 0 Å². The van der Waals surface area contributed by atoms with Gasteiger partial charge in [0.1, 0.15) is 5.82 Å². The summed E-state index contributed by atoms with van der Waals surface area (Å²) in [4.78, 5) is 2.14. The molecular weight excluding hydrogens is 229 g/mol. The van der Waals surface area contributed by atoms with Crippen molar-refractivity contribution in [2.75, 3.05) is 11.4 Å². The second-order valence-corrected chi connectivity index (χ2v) is 4.46. The van der Waals surface area contributed by atoms with Gasteiger partial charge in [0.25, 0.3) is 0 Å². The highest BCUT2D eigenvalue weighted by molar-refractivity contribution is 5.71. The van der Waals surface area contributed by atoms with Crippen LogP contribution >= 0.6 is 0 Å². The maximum absolute atomic E-state index is 13.2. The summed E-state index contributed by atoms with van der Waals surface area (Å²) < 4.78 is 13.2. The van der Waals surface area contributed by atoms with Crippen molar-refractivity contribution in [1.82, 2.24) is 0 Å². The summed E-state index contributed by atoms with van der Waals surface area (Å²) in [7, 11) is 0. The highest BCUT2D eigenvalue weighted by Gasteiger charge is 2.21. The molecule has 0 radical (unpaired) electrons. The predicted octanol–water partition coefficient (Wildman–Crippen LogP) is 3.01. The normalized spacial score (nSPS) is 13.8.